The first-order valence-electron chi connectivity index (χ1n) is 9.54. The molecule has 3 atom stereocenters. The van der Waals surface area contributed by atoms with Gasteiger partial charge < -0.3 is 10.2 Å². The lowest BCUT2D eigenvalue weighted by molar-refractivity contribution is -0.140. The zero-order chi connectivity index (χ0) is 20.1. The molecule has 4 nitrogen and oxygen atoms in total. The van der Waals surface area contributed by atoms with Crippen molar-refractivity contribution in [2.24, 2.45) is 0 Å². The van der Waals surface area contributed by atoms with Crippen molar-refractivity contribution in [2.75, 3.05) is 5.75 Å². The predicted molar refractivity (Wildman–Crippen MR) is 110 cm³/mol. The summed E-state index contributed by atoms with van der Waals surface area (Å²) in [4.78, 5) is 27.5. The molecule has 0 spiro atoms. The Bertz CT molecular complexity index is 830. The minimum absolute atomic E-state index is 0.0747. The minimum atomic E-state index is -0.566. The lowest BCUT2D eigenvalue weighted by atomic mass is 10.1. The fraction of sp³-hybridized carbons (Fsp3) is 0.364. The van der Waals surface area contributed by atoms with Gasteiger partial charge in [0.1, 0.15) is 17.2 Å². The van der Waals surface area contributed by atoms with E-state index in [1.807, 2.05) is 44.2 Å². The number of hydrogen-bond acceptors (Lipinski definition) is 3. The van der Waals surface area contributed by atoms with E-state index >= 15 is 0 Å². The number of halogens is 1. The Morgan fingerprint density at radius 3 is 2.64 bits per heavy atom. The van der Waals surface area contributed by atoms with Crippen LogP contribution in [0.15, 0.2) is 54.6 Å². The molecular formula is C22H25FN2O2S. The third-order valence-electron chi connectivity index (χ3n) is 4.85. The van der Waals surface area contributed by atoms with E-state index in [2.05, 4.69) is 5.32 Å². The maximum atomic E-state index is 13.7. The lowest BCUT2D eigenvalue weighted by Crippen LogP contribution is -2.48. The van der Waals surface area contributed by atoms with E-state index in [-0.39, 0.29) is 29.0 Å². The molecule has 0 unspecified atom stereocenters. The largest absolute Gasteiger partial charge is 0.348 e. The fourth-order valence-electron chi connectivity index (χ4n) is 3.41. The standard InChI is InChI=1S/C22H25FN2O2S/c1-3-8-20(26)25-19(14-28-22(25)17-11-7-12-18(23)13-17)21(27)24-15(2)16-9-5-4-6-10-16/h4-7,9-13,15,19,22H,3,8,14H2,1-2H3,(H,24,27)/t15-,19-,22-/m0/s1. The van der Waals surface area contributed by atoms with Gasteiger partial charge in [0.15, 0.2) is 0 Å². The zero-order valence-electron chi connectivity index (χ0n) is 16.1. The van der Waals surface area contributed by atoms with Crippen LogP contribution in [0.25, 0.3) is 0 Å². The van der Waals surface area contributed by atoms with E-state index in [4.69, 9.17) is 0 Å². The van der Waals surface area contributed by atoms with Crippen molar-refractivity contribution in [3.8, 4) is 0 Å². The summed E-state index contributed by atoms with van der Waals surface area (Å²) in [7, 11) is 0. The van der Waals surface area contributed by atoms with Crippen LogP contribution in [0.4, 0.5) is 4.39 Å². The highest BCUT2D eigenvalue weighted by molar-refractivity contribution is 7.99. The monoisotopic (exact) mass is 400 g/mol. The Kier molecular flexibility index (Phi) is 6.73. The van der Waals surface area contributed by atoms with Crippen LogP contribution >= 0.6 is 11.8 Å². The van der Waals surface area contributed by atoms with Crippen LogP contribution < -0.4 is 5.32 Å². The molecule has 3 rings (SSSR count). The summed E-state index contributed by atoms with van der Waals surface area (Å²) in [6, 6.07) is 15.3. The maximum absolute atomic E-state index is 13.7. The number of nitrogens with zero attached hydrogens (tertiary/aromatic N) is 1. The van der Waals surface area contributed by atoms with Crippen molar-refractivity contribution in [3.63, 3.8) is 0 Å². The molecule has 2 aromatic carbocycles. The highest BCUT2D eigenvalue weighted by Crippen LogP contribution is 2.42. The third-order valence-corrected chi connectivity index (χ3v) is 6.17. The highest BCUT2D eigenvalue weighted by atomic mass is 32.2. The molecule has 1 aliphatic heterocycles. The molecule has 0 radical (unpaired) electrons. The Morgan fingerprint density at radius 1 is 1.21 bits per heavy atom. The van der Waals surface area contributed by atoms with Gasteiger partial charge in [-0.25, -0.2) is 4.39 Å². The van der Waals surface area contributed by atoms with Crippen molar-refractivity contribution in [1.29, 1.82) is 0 Å². The van der Waals surface area contributed by atoms with Crippen LogP contribution in [0.1, 0.15) is 49.2 Å². The highest BCUT2D eigenvalue weighted by Gasteiger charge is 2.42. The van der Waals surface area contributed by atoms with Gasteiger partial charge in [-0.15, -0.1) is 11.8 Å². The molecule has 28 heavy (non-hydrogen) atoms. The summed E-state index contributed by atoms with van der Waals surface area (Å²) in [6.45, 7) is 3.86. The van der Waals surface area contributed by atoms with Gasteiger partial charge in [0.2, 0.25) is 11.8 Å². The van der Waals surface area contributed by atoms with Crippen molar-refractivity contribution in [2.45, 2.75) is 44.1 Å². The smallest absolute Gasteiger partial charge is 0.244 e. The van der Waals surface area contributed by atoms with Crippen LogP contribution in [0.5, 0.6) is 0 Å². The molecule has 0 bridgehead atoms. The molecule has 148 valence electrons. The van der Waals surface area contributed by atoms with Crippen LogP contribution in [0.3, 0.4) is 0 Å². The van der Waals surface area contributed by atoms with Crippen LogP contribution in [-0.4, -0.2) is 28.5 Å². The SMILES string of the molecule is CCCC(=O)N1[C@H](C(=O)N[C@@H](C)c2ccccc2)CS[C@H]1c1cccc(F)c1. The minimum Gasteiger partial charge on any atom is -0.348 e. The first-order chi connectivity index (χ1) is 13.5. The van der Waals surface area contributed by atoms with Crippen LogP contribution in [0, 0.1) is 5.82 Å². The van der Waals surface area contributed by atoms with Crippen LogP contribution in [0.2, 0.25) is 0 Å². The summed E-state index contributed by atoms with van der Waals surface area (Å²) in [5.41, 5.74) is 1.72. The van der Waals surface area contributed by atoms with Crippen molar-refractivity contribution in [1.82, 2.24) is 10.2 Å². The summed E-state index contributed by atoms with van der Waals surface area (Å²) >= 11 is 1.50. The second-order valence-electron chi connectivity index (χ2n) is 6.95. The lowest BCUT2D eigenvalue weighted by Gasteiger charge is -2.30. The number of rotatable bonds is 6. The number of carbonyl (C=O) groups is 2. The number of hydrogen-bond donors (Lipinski definition) is 1. The zero-order valence-corrected chi connectivity index (χ0v) is 16.9. The molecular weight excluding hydrogens is 375 g/mol. The molecule has 1 saturated heterocycles. The van der Waals surface area contributed by atoms with Crippen molar-refractivity contribution < 1.29 is 14.0 Å². The molecule has 1 heterocycles. The molecule has 2 aromatic rings. The second kappa shape index (κ2) is 9.24. The van der Waals surface area contributed by atoms with Crippen LogP contribution in [-0.2, 0) is 9.59 Å². The normalized spacial score (nSPS) is 20.0. The number of amides is 2. The predicted octanol–water partition coefficient (Wildman–Crippen LogP) is 4.45. The summed E-state index contributed by atoms with van der Waals surface area (Å²) in [5.74, 6) is -0.0997. The Balaban J connectivity index is 1.80. The van der Waals surface area contributed by atoms with Crippen molar-refractivity contribution >= 4 is 23.6 Å². The molecule has 0 aliphatic carbocycles. The molecule has 0 aromatic heterocycles. The molecule has 2 amide bonds. The van der Waals surface area contributed by atoms with E-state index in [1.54, 1.807) is 17.0 Å². The summed E-state index contributed by atoms with van der Waals surface area (Å²) in [5, 5.41) is 2.68. The van der Waals surface area contributed by atoms with Gasteiger partial charge in [0.05, 0.1) is 6.04 Å². The van der Waals surface area contributed by atoms with E-state index in [0.717, 1.165) is 5.56 Å². The van der Waals surface area contributed by atoms with Crippen molar-refractivity contribution in [3.05, 3.63) is 71.5 Å². The molecule has 0 saturated carbocycles. The maximum Gasteiger partial charge on any atom is 0.244 e. The van der Waals surface area contributed by atoms with Gasteiger partial charge in [0.25, 0.3) is 0 Å². The number of carbonyl (C=O) groups excluding carboxylic acids is 2. The van der Waals surface area contributed by atoms with Gasteiger partial charge in [-0.1, -0.05) is 49.4 Å². The molecule has 1 N–H and O–H groups in total. The molecule has 1 fully saturated rings. The van der Waals surface area contributed by atoms with Gasteiger partial charge >= 0.3 is 0 Å². The third kappa shape index (κ3) is 4.55. The average molecular weight is 401 g/mol. The Hall–Kier alpha value is -2.34. The number of benzene rings is 2. The van der Waals surface area contributed by atoms with Gasteiger partial charge in [-0.2, -0.15) is 0 Å². The van der Waals surface area contributed by atoms with Gasteiger partial charge in [0, 0.05) is 12.2 Å². The first-order valence-corrected chi connectivity index (χ1v) is 10.6. The quantitative estimate of drug-likeness (QED) is 0.780. The van der Waals surface area contributed by atoms with E-state index in [9.17, 15) is 14.0 Å². The Labute approximate surface area is 169 Å². The topological polar surface area (TPSA) is 49.4 Å². The van der Waals surface area contributed by atoms with E-state index in [0.29, 0.717) is 24.2 Å². The fourth-order valence-corrected chi connectivity index (χ4v) is 4.85. The molecule has 1 aliphatic rings. The summed E-state index contributed by atoms with van der Waals surface area (Å²) < 4.78 is 13.7. The average Bonchev–Trinajstić information content (AvgIpc) is 3.14. The van der Waals surface area contributed by atoms with E-state index in [1.165, 1.54) is 23.9 Å². The summed E-state index contributed by atoms with van der Waals surface area (Å²) in [6.07, 6.45) is 1.06. The van der Waals surface area contributed by atoms with E-state index < -0.39 is 6.04 Å². The first kappa shape index (κ1) is 20.4. The second-order valence-corrected chi connectivity index (χ2v) is 8.06. The Morgan fingerprint density at radius 2 is 1.96 bits per heavy atom. The molecule has 6 heteroatoms. The van der Waals surface area contributed by atoms with Gasteiger partial charge in [-0.3, -0.25) is 9.59 Å². The van der Waals surface area contributed by atoms with Gasteiger partial charge in [-0.05, 0) is 36.6 Å². The number of nitrogens with one attached hydrogen (secondary N) is 1. The number of thioether (sulfide) groups is 1.